The minimum atomic E-state index is -0.511. The lowest BCUT2D eigenvalue weighted by molar-refractivity contribution is -0.116. The van der Waals surface area contributed by atoms with Gasteiger partial charge in [-0.2, -0.15) is 5.10 Å². The molecule has 7 nitrogen and oxygen atoms in total. The second-order valence-corrected chi connectivity index (χ2v) is 7.63. The van der Waals surface area contributed by atoms with Crippen molar-refractivity contribution in [3.8, 4) is 16.9 Å². The first-order valence-corrected chi connectivity index (χ1v) is 10.3. The first-order valence-electron chi connectivity index (χ1n) is 9.40. The van der Waals surface area contributed by atoms with Crippen LogP contribution >= 0.6 is 11.3 Å². The van der Waals surface area contributed by atoms with Crippen LogP contribution in [-0.4, -0.2) is 26.6 Å². The van der Waals surface area contributed by atoms with Gasteiger partial charge in [-0.15, -0.1) is 11.3 Å². The highest BCUT2D eigenvalue weighted by atomic mass is 32.1. The average Bonchev–Trinajstić information content (AvgIpc) is 3.38. The van der Waals surface area contributed by atoms with E-state index in [1.165, 1.54) is 24.3 Å². The van der Waals surface area contributed by atoms with Crippen LogP contribution in [0.25, 0.3) is 16.9 Å². The SMILES string of the molecule is CC(=O)Nc1ccc(-c2csc(NC(=O)Cc3cnn(-c4ccccc4)c3)n2)c(F)c1. The van der Waals surface area contributed by atoms with Gasteiger partial charge in [0.25, 0.3) is 0 Å². The van der Waals surface area contributed by atoms with Crippen molar-refractivity contribution >= 4 is 34.0 Å². The van der Waals surface area contributed by atoms with Crippen LogP contribution in [0.1, 0.15) is 12.5 Å². The number of carbonyl (C=O) groups excluding carboxylic acids is 2. The Morgan fingerprint density at radius 3 is 2.68 bits per heavy atom. The van der Waals surface area contributed by atoms with E-state index in [2.05, 4.69) is 20.7 Å². The molecule has 0 atom stereocenters. The maximum atomic E-state index is 14.4. The van der Waals surface area contributed by atoms with Gasteiger partial charge in [0.05, 0.1) is 24.0 Å². The third kappa shape index (κ3) is 5.01. The molecule has 156 valence electrons. The molecule has 0 spiro atoms. The maximum absolute atomic E-state index is 14.4. The van der Waals surface area contributed by atoms with Crippen molar-refractivity contribution in [1.29, 1.82) is 0 Å². The fraction of sp³-hybridized carbons (Fsp3) is 0.0909. The zero-order chi connectivity index (χ0) is 21.8. The van der Waals surface area contributed by atoms with Crippen molar-refractivity contribution in [2.75, 3.05) is 10.6 Å². The summed E-state index contributed by atoms with van der Waals surface area (Å²) in [7, 11) is 0. The number of benzene rings is 2. The summed E-state index contributed by atoms with van der Waals surface area (Å²) in [4.78, 5) is 27.8. The summed E-state index contributed by atoms with van der Waals surface area (Å²) in [6.45, 7) is 1.36. The molecule has 0 fully saturated rings. The Kier molecular flexibility index (Phi) is 5.85. The molecule has 2 N–H and O–H groups in total. The minimum Gasteiger partial charge on any atom is -0.326 e. The van der Waals surface area contributed by atoms with E-state index in [1.807, 2.05) is 30.3 Å². The molecule has 4 rings (SSSR count). The van der Waals surface area contributed by atoms with Crippen molar-refractivity contribution in [1.82, 2.24) is 14.8 Å². The number of hydrogen-bond donors (Lipinski definition) is 2. The normalized spacial score (nSPS) is 10.6. The molecule has 31 heavy (non-hydrogen) atoms. The summed E-state index contributed by atoms with van der Waals surface area (Å²) in [5.41, 5.74) is 2.73. The maximum Gasteiger partial charge on any atom is 0.230 e. The van der Waals surface area contributed by atoms with Crippen LogP contribution in [0.4, 0.5) is 15.2 Å². The molecule has 2 aromatic heterocycles. The van der Waals surface area contributed by atoms with Gasteiger partial charge in [0, 0.05) is 29.8 Å². The third-order valence-electron chi connectivity index (χ3n) is 4.34. The van der Waals surface area contributed by atoms with Gasteiger partial charge in [0.2, 0.25) is 11.8 Å². The van der Waals surface area contributed by atoms with E-state index in [9.17, 15) is 14.0 Å². The molecule has 0 bridgehead atoms. The van der Waals surface area contributed by atoms with E-state index in [4.69, 9.17) is 0 Å². The Balaban J connectivity index is 1.41. The van der Waals surface area contributed by atoms with Gasteiger partial charge < -0.3 is 10.6 Å². The van der Waals surface area contributed by atoms with Crippen LogP contribution in [0.5, 0.6) is 0 Å². The van der Waals surface area contributed by atoms with Crippen LogP contribution in [0.15, 0.2) is 66.3 Å². The molecule has 0 saturated heterocycles. The van der Waals surface area contributed by atoms with Gasteiger partial charge in [-0.3, -0.25) is 9.59 Å². The van der Waals surface area contributed by atoms with Crippen molar-refractivity contribution in [2.45, 2.75) is 13.3 Å². The van der Waals surface area contributed by atoms with Crippen LogP contribution in [0, 0.1) is 5.82 Å². The van der Waals surface area contributed by atoms with Gasteiger partial charge in [0.15, 0.2) is 5.13 Å². The van der Waals surface area contributed by atoms with E-state index >= 15 is 0 Å². The van der Waals surface area contributed by atoms with Crippen LogP contribution in [0.3, 0.4) is 0 Å². The zero-order valence-electron chi connectivity index (χ0n) is 16.5. The molecule has 0 aliphatic rings. The Bertz CT molecular complexity index is 1240. The molecule has 2 amide bonds. The van der Waals surface area contributed by atoms with E-state index in [-0.39, 0.29) is 23.8 Å². The standard InChI is InChI=1S/C22H18FN5O2S/c1-14(29)25-16-7-8-18(19(23)10-16)20-13-31-22(26-20)27-21(30)9-15-11-24-28(12-15)17-5-3-2-4-6-17/h2-8,10-13H,9H2,1H3,(H,25,29)(H,26,27,30). The molecule has 0 aliphatic carbocycles. The van der Waals surface area contributed by atoms with Crippen molar-refractivity contribution < 1.29 is 14.0 Å². The summed E-state index contributed by atoms with van der Waals surface area (Å²) in [5, 5.41) is 11.6. The van der Waals surface area contributed by atoms with E-state index in [0.717, 1.165) is 11.3 Å². The number of para-hydroxylation sites is 1. The number of aromatic nitrogens is 3. The Morgan fingerprint density at radius 1 is 1.13 bits per heavy atom. The summed E-state index contributed by atoms with van der Waals surface area (Å²) in [6.07, 6.45) is 3.58. The molecule has 0 radical (unpaired) electrons. The molecule has 2 heterocycles. The number of nitrogens with zero attached hydrogens (tertiary/aromatic N) is 3. The third-order valence-corrected chi connectivity index (χ3v) is 5.10. The van der Waals surface area contributed by atoms with Gasteiger partial charge >= 0.3 is 0 Å². The smallest absolute Gasteiger partial charge is 0.230 e. The van der Waals surface area contributed by atoms with E-state index < -0.39 is 5.82 Å². The average molecular weight is 435 g/mol. The number of anilines is 2. The lowest BCUT2D eigenvalue weighted by atomic mass is 10.1. The second-order valence-electron chi connectivity index (χ2n) is 6.77. The molecule has 9 heteroatoms. The van der Waals surface area contributed by atoms with Crippen LogP contribution in [0.2, 0.25) is 0 Å². The number of halogens is 1. The van der Waals surface area contributed by atoms with Crippen molar-refractivity contribution in [3.63, 3.8) is 0 Å². The molecule has 2 aromatic carbocycles. The van der Waals surface area contributed by atoms with Gasteiger partial charge in [-0.05, 0) is 35.9 Å². The van der Waals surface area contributed by atoms with Crippen molar-refractivity contribution in [2.24, 2.45) is 0 Å². The first kappa shape index (κ1) is 20.4. The molecule has 0 unspecified atom stereocenters. The van der Waals surface area contributed by atoms with Crippen molar-refractivity contribution in [3.05, 3.63) is 77.7 Å². The lowest BCUT2D eigenvalue weighted by Crippen LogP contribution is -2.13. The van der Waals surface area contributed by atoms with Crippen LogP contribution < -0.4 is 10.6 Å². The molecule has 4 aromatic rings. The largest absolute Gasteiger partial charge is 0.326 e. The predicted octanol–water partition coefficient (Wildman–Crippen LogP) is 4.27. The van der Waals surface area contributed by atoms with Gasteiger partial charge in [0.1, 0.15) is 5.82 Å². The number of rotatable bonds is 6. The topological polar surface area (TPSA) is 88.9 Å². The Morgan fingerprint density at radius 2 is 1.94 bits per heavy atom. The molecule has 0 saturated carbocycles. The first-order chi connectivity index (χ1) is 15.0. The number of thiazole rings is 1. The monoisotopic (exact) mass is 435 g/mol. The fourth-order valence-corrected chi connectivity index (χ4v) is 3.71. The summed E-state index contributed by atoms with van der Waals surface area (Å²) in [6, 6.07) is 14.0. The summed E-state index contributed by atoms with van der Waals surface area (Å²) >= 11 is 1.21. The van der Waals surface area contributed by atoms with Crippen LogP contribution in [-0.2, 0) is 16.0 Å². The minimum absolute atomic E-state index is 0.140. The molecular weight excluding hydrogens is 417 g/mol. The molecule has 0 aliphatic heterocycles. The van der Waals surface area contributed by atoms with Gasteiger partial charge in [-0.1, -0.05) is 18.2 Å². The number of amides is 2. The number of carbonyl (C=O) groups is 2. The van der Waals surface area contributed by atoms with E-state index in [1.54, 1.807) is 34.6 Å². The quantitative estimate of drug-likeness (QED) is 0.473. The highest BCUT2D eigenvalue weighted by Crippen LogP contribution is 2.28. The van der Waals surface area contributed by atoms with E-state index in [0.29, 0.717) is 16.5 Å². The number of nitrogens with one attached hydrogen (secondary N) is 2. The summed E-state index contributed by atoms with van der Waals surface area (Å²) in [5.74, 6) is -1.03. The fourth-order valence-electron chi connectivity index (χ4n) is 2.98. The highest BCUT2D eigenvalue weighted by molar-refractivity contribution is 7.14. The van der Waals surface area contributed by atoms with Gasteiger partial charge in [-0.25, -0.2) is 14.1 Å². The Labute approximate surface area is 181 Å². The Hall–Kier alpha value is -3.85. The predicted molar refractivity (Wildman–Crippen MR) is 118 cm³/mol. The number of hydrogen-bond acceptors (Lipinski definition) is 5. The zero-order valence-corrected chi connectivity index (χ0v) is 17.3. The second kappa shape index (κ2) is 8.88. The molecular formula is C22H18FN5O2S. The highest BCUT2D eigenvalue weighted by Gasteiger charge is 2.13. The lowest BCUT2D eigenvalue weighted by Gasteiger charge is -2.05. The summed E-state index contributed by atoms with van der Waals surface area (Å²) < 4.78 is 16.1.